The highest BCUT2D eigenvalue weighted by atomic mass is 19.1. The van der Waals surface area contributed by atoms with E-state index in [2.05, 4.69) is 28.6 Å². The summed E-state index contributed by atoms with van der Waals surface area (Å²) in [7, 11) is 1.44. The van der Waals surface area contributed by atoms with Crippen LogP contribution >= 0.6 is 0 Å². The molecule has 4 aromatic rings. The zero-order chi connectivity index (χ0) is 24.2. The van der Waals surface area contributed by atoms with Crippen molar-refractivity contribution >= 4 is 28.0 Å². The first-order valence-electron chi connectivity index (χ1n) is 11.3. The maximum Gasteiger partial charge on any atom is 0.335 e. The predicted octanol–water partition coefficient (Wildman–Crippen LogP) is 4.91. The summed E-state index contributed by atoms with van der Waals surface area (Å²) in [5, 5.41) is 17.5. The Morgan fingerprint density at radius 1 is 1.38 bits per heavy atom. The Bertz CT molecular complexity index is 1400. The molecule has 1 saturated heterocycles. The number of benzene rings is 1. The maximum absolute atomic E-state index is 14.2. The van der Waals surface area contributed by atoms with Crippen molar-refractivity contribution in [2.75, 3.05) is 13.7 Å². The SMILES string of the molecule is COc1cc(-n2c(C(C)C)c([C@H]3CC[C@](C)(C(=O)O)OC3)c3nc4[nH]ncc4cc32)ccc1F. The molecule has 0 bridgehead atoms. The number of aromatic amines is 1. The first-order chi connectivity index (χ1) is 16.2. The van der Waals surface area contributed by atoms with Crippen molar-refractivity contribution in [2.45, 2.75) is 51.0 Å². The molecule has 0 spiro atoms. The van der Waals surface area contributed by atoms with E-state index in [1.54, 1.807) is 25.3 Å². The summed E-state index contributed by atoms with van der Waals surface area (Å²) in [5.41, 5.74) is 3.96. The minimum Gasteiger partial charge on any atom is -0.494 e. The van der Waals surface area contributed by atoms with Crippen LogP contribution in [0.4, 0.5) is 4.39 Å². The van der Waals surface area contributed by atoms with Gasteiger partial charge in [0.05, 0.1) is 30.9 Å². The number of H-pyrrole nitrogens is 1. The van der Waals surface area contributed by atoms with Crippen LogP contribution in [0.2, 0.25) is 0 Å². The van der Waals surface area contributed by atoms with E-state index >= 15 is 0 Å². The molecule has 1 aliphatic heterocycles. The Morgan fingerprint density at radius 2 is 2.18 bits per heavy atom. The van der Waals surface area contributed by atoms with E-state index < -0.39 is 17.4 Å². The largest absolute Gasteiger partial charge is 0.494 e. The molecule has 2 atom stereocenters. The molecule has 1 aromatic carbocycles. The van der Waals surface area contributed by atoms with Gasteiger partial charge < -0.3 is 19.1 Å². The van der Waals surface area contributed by atoms with Gasteiger partial charge in [0.1, 0.15) is 0 Å². The third kappa shape index (κ3) is 3.42. The number of hydrogen-bond donors (Lipinski definition) is 2. The molecular formula is C25H27FN4O4. The molecule has 9 heteroatoms. The summed E-state index contributed by atoms with van der Waals surface area (Å²) < 4.78 is 27.5. The molecule has 4 heterocycles. The maximum atomic E-state index is 14.2. The zero-order valence-corrected chi connectivity index (χ0v) is 19.6. The third-order valence-electron chi connectivity index (χ3n) is 6.79. The van der Waals surface area contributed by atoms with Crippen LogP contribution in [0.5, 0.6) is 5.75 Å². The van der Waals surface area contributed by atoms with Gasteiger partial charge in [0, 0.05) is 34.3 Å². The Labute approximate surface area is 195 Å². The molecule has 0 aliphatic carbocycles. The van der Waals surface area contributed by atoms with Gasteiger partial charge in [0.15, 0.2) is 22.8 Å². The third-order valence-corrected chi connectivity index (χ3v) is 6.79. The quantitative estimate of drug-likeness (QED) is 0.433. The Morgan fingerprint density at radius 3 is 2.82 bits per heavy atom. The highest BCUT2D eigenvalue weighted by Gasteiger charge is 2.41. The van der Waals surface area contributed by atoms with Crippen LogP contribution in [-0.2, 0) is 9.53 Å². The smallest absolute Gasteiger partial charge is 0.335 e. The van der Waals surface area contributed by atoms with Gasteiger partial charge in [-0.1, -0.05) is 13.8 Å². The van der Waals surface area contributed by atoms with Crippen molar-refractivity contribution in [1.29, 1.82) is 0 Å². The fourth-order valence-electron chi connectivity index (χ4n) is 4.93. The lowest BCUT2D eigenvalue weighted by atomic mass is 9.84. The minimum absolute atomic E-state index is 0.0382. The molecular weight excluding hydrogens is 439 g/mol. The van der Waals surface area contributed by atoms with Crippen LogP contribution in [0, 0.1) is 5.82 Å². The number of carbonyl (C=O) groups is 1. The number of nitrogens with one attached hydrogen (secondary N) is 1. The summed E-state index contributed by atoms with van der Waals surface area (Å²) in [4.78, 5) is 16.6. The standard InChI is InChI=1S/C25H27FN4O4/c1-13(2)22-20(14-7-8-25(3,24(31)32)34-12-14)21-18(9-15-11-27-29-23(15)28-21)30(22)16-5-6-17(26)19(10-16)33-4/h5-6,9-11,13-14H,7-8,12H2,1-4H3,(H,31,32)(H,27,28,29)/t14-,25+/m0/s1. The first kappa shape index (κ1) is 22.3. The van der Waals surface area contributed by atoms with E-state index in [9.17, 15) is 14.3 Å². The minimum atomic E-state index is -1.19. The molecule has 3 aromatic heterocycles. The topological polar surface area (TPSA) is 102 Å². The summed E-state index contributed by atoms with van der Waals surface area (Å²) in [6.45, 7) is 6.10. The molecule has 0 radical (unpaired) electrons. The number of carboxylic acid groups (broad SMARTS) is 1. The molecule has 1 aliphatic rings. The number of ether oxygens (including phenoxy) is 2. The highest BCUT2D eigenvalue weighted by Crippen LogP contribution is 2.43. The van der Waals surface area contributed by atoms with Crippen LogP contribution in [0.25, 0.3) is 27.8 Å². The fraction of sp³-hybridized carbons (Fsp3) is 0.400. The molecule has 0 unspecified atom stereocenters. The van der Waals surface area contributed by atoms with Crippen LogP contribution in [0.1, 0.15) is 56.7 Å². The van der Waals surface area contributed by atoms with E-state index in [0.717, 1.165) is 33.4 Å². The number of pyridine rings is 1. The second kappa shape index (κ2) is 8.09. The van der Waals surface area contributed by atoms with Gasteiger partial charge in [-0.05, 0) is 43.9 Å². The van der Waals surface area contributed by atoms with Crippen LogP contribution in [0.15, 0.2) is 30.5 Å². The second-order valence-corrected chi connectivity index (χ2v) is 9.35. The average Bonchev–Trinajstić information content (AvgIpc) is 3.40. The van der Waals surface area contributed by atoms with Gasteiger partial charge in [-0.2, -0.15) is 5.10 Å². The number of aliphatic carboxylic acids is 1. The van der Waals surface area contributed by atoms with Crippen molar-refractivity contribution < 1.29 is 23.8 Å². The van der Waals surface area contributed by atoms with Gasteiger partial charge in [-0.15, -0.1) is 0 Å². The van der Waals surface area contributed by atoms with Crippen molar-refractivity contribution in [1.82, 2.24) is 19.7 Å². The van der Waals surface area contributed by atoms with Gasteiger partial charge in [-0.3, -0.25) is 5.10 Å². The van der Waals surface area contributed by atoms with Gasteiger partial charge in [0.25, 0.3) is 0 Å². The van der Waals surface area contributed by atoms with E-state index in [1.807, 2.05) is 6.07 Å². The predicted molar refractivity (Wildman–Crippen MR) is 125 cm³/mol. The molecule has 1 fully saturated rings. The number of rotatable bonds is 5. The van der Waals surface area contributed by atoms with Crippen molar-refractivity contribution in [3.8, 4) is 11.4 Å². The Balaban J connectivity index is 1.77. The van der Waals surface area contributed by atoms with Crippen LogP contribution in [-0.4, -0.2) is 50.1 Å². The summed E-state index contributed by atoms with van der Waals surface area (Å²) in [5.74, 6) is -1.16. The van der Waals surface area contributed by atoms with Crippen LogP contribution in [0.3, 0.4) is 0 Å². The number of halogens is 1. The molecule has 0 saturated carbocycles. The molecule has 2 N–H and O–H groups in total. The number of carboxylic acids is 1. The number of nitrogens with zero attached hydrogens (tertiary/aromatic N) is 3. The van der Waals surface area contributed by atoms with Crippen molar-refractivity contribution in [2.24, 2.45) is 0 Å². The molecule has 34 heavy (non-hydrogen) atoms. The summed E-state index contributed by atoms with van der Waals surface area (Å²) in [6.07, 6.45) is 2.77. The molecule has 8 nitrogen and oxygen atoms in total. The number of aromatic nitrogens is 4. The fourth-order valence-corrected chi connectivity index (χ4v) is 4.93. The molecule has 178 valence electrons. The Hall–Kier alpha value is -3.46. The van der Waals surface area contributed by atoms with Crippen molar-refractivity contribution in [3.05, 3.63) is 47.5 Å². The zero-order valence-electron chi connectivity index (χ0n) is 19.6. The number of hydrogen-bond acceptors (Lipinski definition) is 5. The van der Waals surface area contributed by atoms with E-state index in [-0.39, 0.29) is 24.2 Å². The lowest BCUT2D eigenvalue weighted by Gasteiger charge is -2.35. The second-order valence-electron chi connectivity index (χ2n) is 9.35. The lowest BCUT2D eigenvalue weighted by molar-refractivity contribution is -0.170. The van der Waals surface area contributed by atoms with E-state index in [1.165, 1.54) is 13.2 Å². The summed E-state index contributed by atoms with van der Waals surface area (Å²) in [6, 6.07) is 6.83. The monoisotopic (exact) mass is 466 g/mol. The summed E-state index contributed by atoms with van der Waals surface area (Å²) >= 11 is 0. The van der Waals surface area contributed by atoms with Gasteiger partial charge in [-0.25, -0.2) is 14.2 Å². The average molecular weight is 467 g/mol. The van der Waals surface area contributed by atoms with Gasteiger partial charge >= 0.3 is 5.97 Å². The van der Waals surface area contributed by atoms with Crippen molar-refractivity contribution in [3.63, 3.8) is 0 Å². The van der Waals surface area contributed by atoms with Gasteiger partial charge in [0.2, 0.25) is 0 Å². The lowest BCUT2D eigenvalue weighted by Crippen LogP contribution is -2.43. The van der Waals surface area contributed by atoms with E-state index in [4.69, 9.17) is 14.5 Å². The highest BCUT2D eigenvalue weighted by molar-refractivity contribution is 5.93. The Kier molecular flexibility index (Phi) is 5.31. The molecule has 0 amide bonds. The van der Waals surface area contributed by atoms with Crippen LogP contribution < -0.4 is 4.74 Å². The van der Waals surface area contributed by atoms with E-state index in [0.29, 0.717) is 18.5 Å². The molecule has 5 rings (SSSR count). The number of methoxy groups -OCH3 is 1. The normalized spacial score (nSPS) is 20.9. The first-order valence-corrected chi connectivity index (χ1v) is 11.3. The number of fused-ring (bicyclic) bond motifs is 2.